The number of carboxylic acid groups (broad SMARTS) is 1. The van der Waals surface area contributed by atoms with Crippen LogP contribution in [0.2, 0.25) is 0 Å². The van der Waals surface area contributed by atoms with E-state index < -0.39 is 17.9 Å². The van der Waals surface area contributed by atoms with Crippen molar-refractivity contribution in [3.05, 3.63) is 82.4 Å². The molecule has 0 aliphatic carbocycles. The lowest BCUT2D eigenvalue weighted by Gasteiger charge is -2.27. The van der Waals surface area contributed by atoms with Crippen molar-refractivity contribution < 1.29 is 28.9 Å². The molecule has 1 fully saturated rings. The second-order valence-electron chi connectivity index (χ2n) is 10.7. The number of hydrogen-bond acceptors (Lipinski definition) is 6. The summed E-state index contributed by atoms with van der Waals surface area (Å²) in [7, 11) is 0. The molecule has 2 aliphatic heterocycles. The van der Waals surface area contributed by atoms with Gasteiger partial charge in [-0.3, -0.25) is 14.5 Å². The molecule has 3 unspecified atom stereocenters. The molecular formula is C32H36N2O6. The van der Waals surface area contributed by atoms with Gasteiger partial charge in [0.1, 0.15) is 5.75 Å². The maximum absolute atomic E-state index is 13.4. The minimum absolute atomic E-state index is 0.0519. The van der Waals surface area contributed by atoms with Crippen molar-refractivity contribution in [2.75, 3.05) is 31.8 Å². The molecule has 2 aliphatic rings. The Morgan fingerprint density at radius 2 is 1.65 bits per heavy atom. The van der Waals surface area contributed by atoms with E-state index in [1.54, 1.807) is 0 Å². The highest BCUT2D eigenvalue weighted by Crippen LogP contribution is 2.47. The van der Waals surface area contributed by atoms with Crippen molar-refractivity contribution in [3.8, 4) is 17.2 Å². The largest absolute Gasteiger partial charge is 0.494 e. The first-order valence-corrected chi connectivity index (χ1v) is 13.7. The molecule has 0 radical (unpaired) electrons. The van der Waals surface area contributed by atoms with E-state index in [0.717, 1.165) is 45.7 Å². The fraction of sp³-hybridized carbons (Fsp3) is 0.375. The predicted octanol–water partition coefficient (Wildman–Crippen LogP) is 5.61. The second-order valence-corrected chi connectivity index (χ2v) is 10.7. The van der Waals surface area contributed by atoms with E-state index in [2.05, 4.69) is 5.32 Å². The predicted molar refractivity (Wildman–Crippen MR) is 152 cm³/mol. The molecule has 8 heteroatoms. The highest BCUT2D eigenvalue weighted by atomic mass is 16.7. The number of ether oxygens (including phenoxy) is 3. The fourth-order valence-electron chi connectivity index (χ4n) is 5.99. The quantitative estimate of drug-likeness (QED) is 0.361. The number of hydrogen-bond donors (Lipinski definition) is 2. The van der Waals surface area contributed by atoms with E-state index >= 15 is 0 Å². The van der Waals surface area contributed by atoms with Gasteiger partial charge < -0.3 is 24.6 Å². The highest BCUT2D eigenvalue weighted by Gasteiger charge is 2.48. The van der Waals surface area contributed by atoms with Crippen LogP contribution in [0, 0.1) is 26.7 Å². The van der Waals surface area contributed by atoms with Gasteiger partial charge in [0.25, 0.3) is 0 Å². The van der Waals surface area contributed by atoms with Gasteiger partial charge in [0.15, 0.2) is 11.5 Å². The lowest BCUT2D eigenvalue weighted by molar-refractivity contribution is -0.143. The average Bonchev–Trinajstić information content (AvgIpc) is 3.54. The number of amides is 1. The van der Waals surface area contributed by atoms with E-state index in [1.807, 2.05) is 87.2 Å². The number of rotatable bonds is 9. The Balaban J connectivity index is 1.47. The molecule has 8 nitrogen and oxygen atoms in total. The molecule has 210 valence electrons. The molecule has 0 aromatic heterocycles. The Kier molecular flexibility index (Phi) is 7.98. The number of nitrogens with one attached hydrogen (secondary N) is 1. The molecule has 3 aromatic rings. The first kappa shape index (κ1) is 27.5. The van der Waals surface area contributed by atoms with E-state index in [-0.39, 0.29) is 25.2 Å². The van der Waals surface area contributed by atoms with Crippen molar-refractivity contribution in [1.82, 2.24) is 4.90 Å². The molecular weight excluding hydrogens is 508 g/mol. The van der Waals surface area contributed by atoms with Gasteiger partial charge in [-0.1, -0.05) is 42.8 Å². The summed E-state index contributed by atoms with van der Waals surface area (Å²) in [5, 5.41) is 13.6. The summed E-state index contributed by atoms with van der Waals surface area (Å²) in [5.74, 6) is -0.241. The number of nitrogens with zero attached hydrogens (tertiary/aromatic N) is 1. The Morgan fingerprint density at radius 3 is 2.33 bits per heavy atom. The van der Waals surface area contributed by atoms with Gasteiger partial charge in [0.2, 0.25) is 12.7 Å². The SMILES string of the molecule is CCCOc1ccc(C2C(C(=O)O)C(c3ccc4c(c3)OCO4)CN2CC(=O)Nc2c(C)cc(C)cc2C)cc1. The smallest absolute Gasteiger partial charge is 0.309 e. The third-order valence-corrected chi connectivity index (χ3v) is 7.69. The maximum atomic E-state index is 13.4. The number of carbonyl (C=O) groups excluding carboxylic acids is 1. The average molecular weight is 545 g/mol. The summed E-state index contributed by atoms with van der Waals surface area (Å²) in [6.07, 6.45) is 0.894. The van der Waals surface area contributed by atoms with Crippen molar-refractivity contribution in [2.24, 2.45) is 5.92 Å². The van der Waals surface area contributed by atoms with Crippen molar-refractivity contribution in [2.45, 2.75) is 46.1 Å². The number of fused-ring (bicyclic) bond motifs is 1. The van der Waals surface area contributed by atoms with Crippen LogP contribution >= 0.6 is 0 Å². The lowest BCUT2D eigenvalue weighted by atomic mass is 9.82. The second kappa shape index (κ2) is 11.6. The summed E-state index contributed by atoms with van der Waals surface area (Å²) in [5.41, 5.74) is 5.59. The van der Waals surface area contributed by atoms with Gasteiger partial charge in [0, 0.05) is 24.2 Å². The van der Waals surface area contributed by atoms with Crippen molar-refractivity contribution >= 4 is 17.6 Å². The zero-order valence-electron chi connectivity index (χ0n) is 23.4. The number of aliphatic carboxylic acids is 1. The lowest BCUT2D eigenvalue weighted by Crippen LogP contribution is -2.35. The fourth-order valence-corrected chi connectivity index (χ4v) is 5.99. The molecule has 2 N–H and O–H groups in total. The first-order chi connectivity index (χ1) is 19.2. The molecule has 3 atom stereocenters. The van der Waals surface area contributed by atoms with Crippen LogP contribution in [0.4, 0.5) is 5.69 Å². The normalized spacial score (nSPS) is 19.9. The molecule has 5 rings (SSSR count). The molecule has 0 spiro atoms. The summed E-state index contributed by atoms with van der Waals surface area (Å²) in [6.45, 7) is 9.23. The van der Waals surface area contributed by atoms with E-state index in [9.17, 15) is 14.7 Å². The first-order valence-electron chi connectivity index (χ1n) is 13.7. The standard InChI is InChI=1S/C32H36N2O6/c1-5-12-38-24-9-6-22(7-10-24)31-29(32(36)37)25(23-8-11-26-27(15-23)40-18-39-26)16-34(31)17-28(35)33-30-20(3)13-19(2)14-21(30)4/h6-11,13-15,25,29,31H,5,12,16-18H2,1-4H3,(H,33,35)(H,36,37). The Bertz CT molecular complexity index is 1380. The van der Waals surface area contributed by atoms with Crippen molar-refractivity contribution in [1.29, 1.82) is 0 Å². The number of benzene rings is 3. The van der Waals surface area contributed by atoms with Crippen LogP contribution < -0.4 is 19.5 Å². The van der Waals surface area contributed by atoms with Crippen LogP contribution in [0.25, 0.3) is 0 Å². The summed E-state index contributed by atoms with van der Waals surface area (Å²) >= 11 is 0. The molecule has 0 saturated carbocycles. The molecule has 0 bridgehead atoms. The van der Waals surface area contributed by atoms with Crippen molar-refractivity contribution in [3.63, 3.8) is 0 Å². The molecule has 3 aromatic carbocycles. The molecule has 2 heterocycles. The van der Waals surface area contributed by atoms with Crippen LogP contribution in [0.1, 0.15) is 53.1 Å². The summed E-state index contributed by atoms with van der Waals surface area (Å²) in [6, 6.07) is 16.7. The van der Waals surface area contributed by atoms with Crippen LogP contribution in [-0.2, 0) is 9.59 Å². The van der Waals surface area contributed by atoms with Gasteiger partial charge in [0.05, 0.1) is 19.1 Å². The van der Waals surface area contributed by atoms with Crippen LogP contribution in [-0.4, -0.2) is 48.4 Å². The van der Waals surface area contributed by atoms with E-state index in [0.29, 0.717) is 24.7 Å². The van der Waals surface area contributed by atoms with Crippen LogP contribution in [0.3, 0.4) is 0 Å². The summed E-state index contributed by atoms with van der Waals surface area (Å²) < 4.78 is 16.8. The van der Waals surface area contributed by atoms with Gasteiger partial charge in [-0.2, -0.15) is 0 Å². The molecule has 1 saturated heterocycles. The third-order valence-electron chi connectivity index (χ3n) is 7.69. The zero-order valence-corrected chi connectivity index (χ0v) is 23.4. The third kappa shape index (κ3) is 5.63. The Hall–Kier alpha value is -4.04. The van der Waals surface area contributed by atoms with E-state index in [1.165, 1.54) is 0 Å². The topological polar surface area (TPSA) is 97.3 Å². The van der Waals surface area contributed by atoms with Gasteiger partial charge in [-0.15, -0.1) is 0 Å². The Morgan fingerprint density at radius 1 is 0.975 bits per heavy atom. The van der Waals surface area contributed by atoms with Gasteiger partial charge in [-0.05, 0) is 73.7 Å². The highest BCUT2D eigenvalue weighted by molar-refractivity contribution is 5.94. The summed E-state index contributed by atoms with van der Waals surface area (Å²) in [4.78, 5) is 28.2. The van der Waals surface area contributed by atoms with Crippen LogP contribution in [0.5, 0.6) is 17.2 Å². The monoisotopic (exact) mass is 544 g/mol. The minimum Gasteiger partial charge on any atom is -0.494 e. The van der Waals surface area contributed by atoms with E-state index in [4.69, 9.17) is 14.2 Å². The Labute approximate surface area is 234 Å². The minimum atomic E-state index is -0.910. The number of aryl methyl sites for hydroxylation is 3. The molecule has 40 heavy (non-hydrogen) atoms. The zero-order chi connectivity index (χ0) is 28.4. The van der Waals surface area contributed by atoms with Gasteiger partial charge in [-0.25, -0.2) is 0 Å². The van der Waals surface area contributed by atoms with Gasteiger partial charge >= 0.3 is 5.97 Å². The van der Waals surface area contributed by atoms with Crippen LogP contribution in [0.15, 0.2) is 54.6 Å². The number of carboxylic acids is 1. The number of likely N-dealkylation sites (tertiary alicyclic amines) is 1. The number of anilines is 1. The number of carbonyl (C=O) groups is 2. The maximum Gasteiger partial charge on any atom is 0.309 e. The molecule has 1 amide bonds.